The third-order valence-corrected chi connectivity index (χ3v) is 7.69. The van der Waals surface area contributed by atoms with Gasteiger partial charge in [0.2, 0.25) is 5.95 Å². The standard InChI is InChI=1S/C24H34N6S/c1-30(2)22-19-5-3-4-6-20(19)27-23(29-22)25-17-9-11-18(12-10-17)26-24(31)28-21-14-15-7-8-16(21)13-15/h3-6,15-18,21H,7-14H2,1-2H3,(H,25,27,29)(H2,26,28,31)/t15-,16+,17-,18+,21?/m1/s1. The average Bonchev–Trinajstić information content (AvgIpc) is 3.37. The number of anilines is 2. The molecular formula is C24H34N6S. The molecule has 7 heteroatoms. The molecule has 3 fully saturated rings. The van der Waals surface area contributed by atoms with Gasteiger partial charge < -0.3 is 20.9 Å². The average molecular weight is 439 g/mol. The summed E-state index contributed by atoms with van der Waals surface area (Å²) < 4.78 is 0. The van der Waals surface area contributed by atoms with E-state index >= 15 is 0 Å². The molecule has 3 saturated carbocycles. The fourth-order valence-electron chi connectivity index (χ4n) is 5.85. The fraction of sp³-hybridized carbons (Fsp3) is 0.625. The van der Waals surface area contributed by atoms with E-state index in [1.807, 2.05) is 26.2 Å². The van der Waals surface area contributed by atoms with E-state index in [-0.39, 0.29) is 0 Å². The van der Waals surface area contributed by atoms with Crippen molar-refractivity contribution < 1.29 is 0 Å². The molecule has 2 aromatic rings. The Morgan fingerprint density at radius 1 is 0.935 bits per heavy atom. The van der Waals surface area contributed by atoms with Gasteiger partial charge in [-0.1, -0.05) is 18.6 Å². The van der Waals surface area contributed by atoms with Gasteiger partial charge in [0.25, 0.3) is 0 Å². The summed E-state index contributed by atoms with van der Waals surface area (Å²) in [6.07, 6.45) is 9.96. The first kappa shape index (κ1) is 20.7. The second kappa shape index (κ2) is 8.77. The lowest BCUT2D eigenvalue weighted by Crippen LogP contribution is -2.49. The van der Waals surface area contributed by atoms with Crippen LogP contribution in [0, 0.1) is 11.8 Å². The molecule has 5 rings (SSSR count). The molecule has 1 unspecified atom stereocenters. The number of rotatable bonds is 5. The Labute approximate surface area is 190 Å². The summed E-state index contributed by atoms with van der Waals surface area (Å²) in [6.45, 7) is 0. The number of fused-ring (bicyclic) bond motifs is 3. The number of para-hydroxylation sites is 1. The molecule has 1 aromatic carbocycles. The maximum atomic E-state index is 5.64. The van der Waals surface area contributed by atoms with E-state index in [1.54, 1.807) is 0 Å². The summed E-state index contributed by atoms with van der Waals surface area (Å²) in [4.78, 5) is 11.6. The van der Waals surface area contributed by atoms with Crippen LogP contribution in [-0.4, -0.2) is 47.3 Å². The number of thiocarbonyl (C=S) groups is 1. The van der Waals surface area contributed by atoms with Crippen molar-refractivity contribution in [2.24, 2.45) is 11.8 Å². The predicted molar refractivity (Wildman–Crippen MR) is 132 cm³/mol. The molecule has 0 amide bonds. The molecule has 0 aliphatic heterocycles. The van der Waals surface area contributed by atoms with Gasteiger partial charge in [0, 0.05) is 37.6 Å². The Hall–Kier alpha value is -2.15. The first-order valence-corrected chi connectivity index (χ1v) is 12.2. The summed E-state index contributed by atoms with van der Waals surface area (Å²) in [5, 5.41) is 12.8. The van der Waals surface area contributed by atoms with E-state index in [0.717, 1.165) is 65.3 Å². The van der Waals surface area contributed by atoms with Crippen molar-refractivity contribution in [3.63, 3.8) is 0 Å². The van der Waals surface area contributed by atoms with Gasteiger partial charge in [0.05, 0.1) is 5.52 Å². The van der Waals surface area contributed by atoms with Crippen LogP contribution in [0.1, 0.15) is 51.4 Å². The normalized spacial score (nSPS) is 29.7. The summed E-state index contributed by atoms with van der Waals surface area (Å²) in [5.41, 5.74) is 0.982. The van der Waals surface area contributed by atoms with Crippen LogP contribution < -0.4 is 20.9 Å². The lowest BCUT2D eigenvalue weighted by molar-refractivity contribution is 0.369. The highest BCUT2D eigenvalue weighted by molar-refractivity contribution is 7.80. The van der Waals surface area contributed by atoms with E-state index in [0.29, 0.717) is 18.1 Å². The van der Waals surface area contributed by atoms with Gasteiger partial charge in [-0.15, -0.1) is 0 Å². The first-order valence-electron chi connectivity index (χ1n) is 11.8. The van der Waals surface area contributed by atoms with Crippen LogP contribution in [0.4, 0.5) is 11.8 Å². The van der Waals surface area contributed by atoms with Gasteiger partial charge in [0.15, 0.2) is 5.11 Å². The molecule has 2 bridgehead atoms. The van der Waals surface area contributed by atoms with Crippen molar-refractivity contribution in [2.75, 3.05) is 24.3 Å². The SMILES string of the molecule is CN(C)c1nc(N[C@H]2CC[C@@H](NC(=S)NC3C[C@@H]4CC[C@H]3C4)CC2)nc2ccccc12. The van der Waals surface area contributed by atoms with Gasteiger partial charge in [-0.2, -0.15) is 4.98 Å². The van der Waals surface area contributed by atoms with Gasteiger partial charge >= 0.3 is 0 Å². The fourth-order valence-corrected chi connectivity index (χ4v) is 6.16. The molecule has 0 radical (unpaired) electrons. The van der Waals surface area contributed by atoms with Crippen molar-refractivity contribution >= 4 is 40.0 Å². The highest BCUT2D eigenvalue weighted by Crippen LogP contribution is 2.44. The van der Waals surface area contributed by atoms with E-state index in [2.05, 4.69) is 33.0 Å². The van der Waals surface area contributed by atoms with E-state index in [1.165, 1.54) is 25.7 Å². The van der Waals surface area contributed by atoms with Gasteiger partial charge in [0.1, 0.15) is 5.82 Å². The first-order chi connectivity index (χ1) is 15.0. The van der Waals surface area contributed by atoms with Crippen molar-refractivity contribution in [2.45, 2.75) is 69.5 Å². The van der Waals surface area contributed by atoms with E-state index < -0.39 is 0 Å². The van der Waals surface area contributed by atoms with Crippen molar-refractivity contribution in [3.05, 3.63) is 24.3 Å². The summed E-state index contributed by atoms with van der Waals surface area (Å²) in [5.74, 6) is 3.48. The van der Waals surface area contributed by atoms with Crippen LogP contribution in [0.3, 0.4) is 0 Å². The zero-order valence-corrected chi connectivity index (χ0v) is 19.4. The topological polar surface area (TPSA) is 65.1 Å². The molecule has 0 spiro atoms. The summed E-state index contributed by atoms with van der Waals surface area (Å²) in [7, 11) is 4.06. The molecule has 6 nitrogen and oxygen atoms in total. The van der Waals surface area contributed by atoms with Crippen molar-refractivity contribution in [3.8, 4) is 0 Å². The highest BCUT2D eigenvalue weighted by Gasteiger charge is 2.39. The smallest absolute Gasteiger partial charge is 0.225 e. The second-order valence-corrected chi connectivity index (χ2v) is 10.3. The molecule has 3 atom stereocenters. The van der Waals surface area contributed by atoms with Crippen LogP contribution in [0.25, 0.3) is 10.9 Å². The molecule has 3 N–H and O–H groups in total. The largest absolute Gasteiger partial charge is 0.362 e. The van der Waals surface area contributed by atoms with Crippen LogP contribution >= 0.6 is 12.2 Å². The maximum Gasteiger partial charge on any atom is 0.225 e. The number of hydrogen-bond acceptors (Lipinski definition) is 5. The minimum atomic E-state index is 0.404. The number of aromatic nitrogens is 2. The zero-order chi connectivity index (χ0) is 21.4. The van der Waals surface area contributed by atoms with Crippen LogP contribution in [0.2, 0.25) is 0 Å². The minimum absolute atomic E-state index is 0.404. The monoisotopic (exact) mass is 438 g/mol. The van der Waals surface area contributed by atoms with Gasteiger partial charge in [-0.3, -0.25) is 0 Å². The highest BCUT2D eigenvalue weighted by atomic mass is 32.1. The zero-order valence-electron chi connectivity index (χ0n) is 18.6. The molecule has 1 heterocycles. The van der Waals surface area contributed by atoms with E-state index in [4.69, 9.17) is 22.2 Å². The summed E-state index contributed by atoms with van der Waals surface area (Å²) >= 11 is 5.64. The quantitative estimate of drug-likeness (QED) is 0.608. The number of hydrogen-bond donors (Lipinski definition) is 3. The third kappa shape index (κ3) is 4.56. The molecule has 3 aliphatic carbocycles. The Kier molecular flexibility index (Phi) is 5.87. The molecule has 1 aromatic heterocycles. The molecule has 166 valence electrons. The van der Waals surface area contributed by atoms with Gasteiger partial charge in [-0.25, -0.2) is 4.98 Å². The molecular weight excluding hydrogens is 404 g/mol. The third-order valence-electron chi connectivity index (χ3n) is 7.46. The Balaban J connectivity index is 1.14. The van der Waals surface area contributed by atoms with Crippen LogP contribution in [0.15, 0.2) is 24.3 Å². The second-order valence-electron chi connectivity index (χ2n) is 9.87. The molecule has 0 saturated heterocycles. The van der Waals surface area contributed by atoms with Crippen LogP contribution in [-0.2, 0) is 0 Å². The predicted octanol–water partition coefficient (Wildman–Crippen LogP) is 4.07. The van der Waals surface area contributed by atoms with Crippen LogP contribution in [0.5, 0.6) is 0 Å². The van der Waals surface area contributed by atoms with Crippen molar-refractivity contribution in [1.82, 2.24) is 20.6 Å². The maximum absolute atomic E-state index is 5.64. The lowest BCUT2D eigenvalue weighted by Gasteiger charge is -2.32. The van der Waals surface area contributed by atoms with Crippen molar-refractivity contribution in [1.29, 1.82) is 0 Å². The lowest BCUT2D eigenvalue weighted by atomic mass is 9.91. The summed E-state index contributed by atoms with van der Waals surface area (Å²) in [6, 6.07) is 9.68. The van der Waals surface area contributed by atoms with E-state index in [9.17, 15) is 0 Å². The number of benzene rings is 1. The Bertz CT molecular complexity index is 939. The number of nitrogens with zero attached hydrogens (tertiary/aromatic N) is 3. The minimum Gasteiger partial charge on any atom is -0.362 e. The Morgan fingerprint density at radius 3 is 2.42 bits per heavy atom. The molecule has 3 aliphatic rings. The van der Waals surface area contributed by atoms with Gasteiger partial charge in [-0.05, 0) is 81.1 Å². The number of nitrogens with one attached hydrogen (secondary N) is 3. The molecule has 31 heavy (non-hydrogen) atoms. The Morgan fingerprint density at radius 2 is 1.71 bits per heavy atom.